The third-order valence-corrected chi connectivity index (χ3v) is 5.81. The molecule has 1 aliphatic heterocycles. The van der Waals surface area contributed by atoms with Crippen molar-refractivity contribution in [2.24, 2.45) is 0 Å². The van der Waals surface area contributed by atoms with Crippen LogP contribution >= 0.6 is 0 Å². The average Bonchev–Trinajstić information content (AvgIpc) is 2.67. The molecule has 0 amide bonds. The quantitative estimate of drug-likeness (QED) is 0.837. The van der Waals surface area contributed by atoms with Crippen molar-refractivity contribution >= 4 is 5.82 Å². The maximum Gasteiger partial charge on any atom is 0.129 e. The molecule has 2 N–H and O–H groups in total. The Hall–Kier alpha value is -1.98. The minimum Gasteiger partial charge on any atom is -0.393 e. The number of benzene rings is 1. The fourth-order valence-electron chi connectivity index (χ4n) is 4.08. The Morgan fingerprint density at radius 1 is 1.04 bits per heavy atom. The Balaban J connectivity index is 1.20. The minimum atomic E-state index is -0.148. The first-order valence-electron chi connectivity index (χ1n) is 9.79. The fraction of sp³-hybridized carbons (Fsp3) is 0.524. The highest BCUT2D eigenvalue weighted by molar-refractivity contribution is 5.36. The highest BCUT2D eigenvalue weighted by Crippen LogP contribution is 2.36. The second-order valence-electron chi connectivity index (χ2n) is 7.60. The van der Waals surface area contributed by atoms with Gasteiger partial charge in [0.15, 0.2) is 0 Å². The number of anilines is 1. The first-order chi connectivity index (χ1) is 12.8. The summed E-state index contributed by atoms with van der Waals surface area (Å²) >= 11 is 0. The molecule has 0 atom stereocenters. The number of nitrogens with one attached hydrogen (secondary N) is 1. The summed E-state index contributed by atoms with van der Waals surface area (Å²) < 4.78 is 0. The molecule has 2 aromatic rings. The van der Waals surface area contributed by atoms with E-state index in [4.69, 9.17) is 0 Å². The Morgan fingerprint density at radius 3 is 2.54 bits per heavy atom. The van der Waals surface area contributed by atoms with Crippen molar-refractivity contribution in [1.29, 1.82) is 0 Å². The van der Waals surface area contributed by atoms with E-state index in [0.717, 1.165) is 50.5 Å². The monoisotopic (exact) mass is 352 g/mol. The van der Waals surface area contributed by atoms with E-state index in [9.17, 15) is 5.11 Å². The average molecular weight is 352 g/mol. The van der Waals surface area contributed by atoms with Gasteiger partial charge in [-0.05, 0) is 50.3 Å². The molecule has 0 radical (unpaired) electrons. The van der Waals surface area contributed by atoms with Gasteiger partial charge >= 0.3 is 0 Å². The van der Waals surface area contributed by atoms with Crippen molar-refractivity contribution in [1.82, 2.24) is 14.9 Å². The summed E-state index contributed by atoms with van der Waals surface area (Å²) in [6.07, 6.45) is 5.62. The zero-order valence-corrected chi connectivity index (χ0v) is 15.2. The molecule has 2 aliphatic rings. The van der Waals surface area contributed by atoms with Gasteiger partial charge in [0.25, 0.3) is 0 Å². The fourth-order valence-corrected chi connectivity index (χ4v) is 4.08. The molecule has 1 saturated carbocycles. The molecule has 1 aliphatic carbocycles. The Bertz CT molecular complexity index is 694. The molecule has 2 heterocycles. The van der Waals surface area contributed by atoms with Crippen LogP contribution in [0, 0.1) is 0 Å². The Kier molecular flexibility index (Phi) is 5.46. The van der Waals surface area contributed by atoms with Crippen LogP contribution in [-0.4, -0.2) is 52.3 Å². The molecule has 0 unspecified atom stereocenters. The van der Waals surface area contributed by atoms with Crippen LogP contribution in [0.3, 0.4) is 0 Å². The van der Waals surface area contributed by atoms with Crippen molar-refractivity contribution in [3.05, 3.63) is 54.0 Å². The highest BCUT2D eigenvalue weighted by atomic mass is 16.3. The summed E-state index contributed by atoms with van der Waals surface area (Å²) in [6, 6.07) is 12.9. The maximum absolute atomic E-state index is 9.46. The van der Waals surface area contributed by atoms with Crippen LogP contribution in [0.1, 0.15) is 48.8 Å². The molecule has 138 valence electrons. The number of rotatable bonds is 6. The minimum absolute atomic E-state index is 0.148. The number of aliphatic hydroxyl groups excluding tert-OH is 1. The third kappa shape index (κ3) is 4.22. The largest absolute Gasteiger partial charge is 0.393 e. The van der Waals surface area contributed by atoms with E-state index in [2.05, 4.69) is 50.5 Å². The van der Waals surface area contributed by atoms with Gasteiger partial charge in [0.2, 0.25) is 0 Å². The summed E-state index contributed by atoms with van der Waals surface area (Å²) in [7, 11) is 0. The number of piperidine rings is 1. The molecule has 2 fully saturated rings. The van der Waals surface area contributed by atoms with Gasteiger partial charge in [-0.1, -0.05) is 30.3 Å². The molecule has 1 aromatic heterocycles. The van der Waals surface area contributed by atoms with Gasteiger partial charge in [0.05, 0.1) is 6.10 Å². The summed E-state index contributed by atoms with van der Waals surface area (Å²) in [6.45, 7) is 4.27. The number of aliphatic hydroxyl groups is 1. The zero-order valence-electron chi connectivity index (χ0n) is 15.2. The van der Waals surface area contributed by atoms with Crippen LogP contribution in [0.4, 0.5) is 5.82 Å². The number of nitrogens with zero attached hydrogens (tertiary/aromatic N) is 3. The molecule has 0 spiro atoms. The van der Waals surface area contributed by atoms with E-state index in [1.165, 1.54) is 18.4 Å². The SMILES string of the molecule is OC1CC(c2cc(NCCN3CCC(c4ccccc4)CC3)ncn2)C1. The Labute approximate surface area is 155 Å². The molecule has 26 heavy (non-hydrogen) atoms. The van der Waals surface area contributed by atoms with Gasteiger partial charge in [0.1, 0.15) is 12.1 Å². The molecule has 1 saturated heterocycles. The summed E-state index contributed by atoms with van der Waals surface area (Å²) in [5.41, 5.74) is 2.54. The molecular formula is C21H28N4O. The van der Waals surface area contributed by atoms with E-state index in [1.54, 1.807) is 6.33 Å². The number of hydrogen-bond acceptors (Lipinski definition) is 5. The van der Waals surface area contributed by atoms with E-state index < -0.39 is 0 Å². The lowest BCUT2D eigenvalue weighted by atomic mass is 9.80. The summed E-state index contributed by atoms with van der Waals surface area (Å²) in [5, 5.41) is 12.9. The van der Waals surface area contributed by atoms with E-state index in [1.807, 2.05) is 6.07 Å². The van der Waals surface area contributed by atoms with E-state index in [-0.39, 0.29) is 6.10 Å². The maximum atomic E-state index is 9.46. The number of aromatic nitrogens is 2. The first kappa shape index (κ1) is 17.4. The highest BCUT2D eigenvalue weighted by Gasteiger charge is 2.29. The van der Waals surface area contributed by atoms with Gasteiger partial charge in [-0.25, -0.2) is 9.97 Å². The molecule has 4 rings (SSSR count). The molecule has 1 aromatic carbocycles. The van der Waals surface area contributed by atoms with Crippen molar-refractivity contribution in [2.45, 2.75) is 43.6 Å². The van der Waals surface area contributed by atoms with Crippen molar-refractivity contribution < 1.29 is 5.11 Å². The summed E-state index contributed by atoms with van der Waals surface area (Å²) in [5.74, 6) is 2.00. The van der Waals surface area contributed by atoms with Crippen molar-refractivity contribution in [2.75, 3.05) is 31.5 Å². The predicted octanol–water partition coefficient (Wildman–Crippen LogP) is 3.01. The standard InChI is InChI=1S/C21H28N4O/c26-19-12-18(13-19)20-14-21(24-15-23-20)22-8-11-25-9-6-17(7-10-25)16-4-2-1-3-5-16/h1-5,14-15,17-19,26H,6-13H2,(H,22,23,24). The van der Waals surface area contributed by atoms with Gasteiger partial charge in [-0.15, -0.1) is 0 Å². The molecule has 0 bridgehead atoms. The Morgan fingerprint density at radius 2 is 1.81 bits per heavy atom. The molecular weight excluding hydrogens is 324 g/mol. The normalized spacial score (nSPS) is 24.2. The number of hydrogen-bond donors (Lipinski definition) is 2. The van der Waals surface area contributed by atoms with Crippen LogP contribution in [0.25, 0.3) is 0 Å². The lowest BCUT2D eigenvalue weighted by Crippen LogP contribution is -2.36. The van der Waals surface area contributed by atoms with Crippen LogP contribution in [0.15, 0.2) is 42.7 Å². The van der Waals surface area contributed by atoms with Gasteiger partial charge in [-0.3, -0.25) is 0 Å². The van der Waals surface area contributed by atoms with Crippen LogP contribution < -0.4 is 5.32 Å². The lowest BCUT2D eigenvalue weighted by Gasteiger charge is -2.32. The molecule has 5 heteroatoms. The van der Waals surface area contributed by atoms with Crippen molar-refractivity contribution in [3.63, 3.8) is 0 Å². The topological polar surface area (TPSA) is 61.3 Å². The smallest absolute Gasteiger partial charge is 0.129 e. The van der Waals surface area contributed by atoms with E-state index in [0.29, 0.717) is 11.8 Å². The lowest BCUT2D eigenvalue weighted by molar-refractivity contribution is 0.0732. The van der Waals surface area contributed by atoms with Crippen LogP contribution in [0.2, 0.25) is 0 Å². The zero-order chi connectivity index (χ0) is 17.8. The predicted molar refractivity (Wildman–Crippen MR) is 103 cm³/mol. The van der Waals surface area contributed by atoms with Crippen LogP contribution in [0.5, 0.6) is 0 Å². The van der Waals surface area contributed by atoms with Crippen LogP contribution in [-0.2, 0) is 0 Å². The van der Waals surface area contributed by atoms with Gasteiger partial charge < -0.3 is 15.3 Å². The second kappa shape index (κ2) is 8.14. The van der Waals surface area contributed by atoms with E-state index >= 15 is 0 Å². The molecule has 5 nitrogen and oxygen atoms in total. The van der Waals surface area contributed by atoms with Crippen molar-refractivity contribution in [3.8, 4) is 0 Å². The first-order valence-corrected chi connectivity index (χ1v) is 9.79. The van der Waals surface area contributed by atoms with Gasteiger partial charge in [-0.2, -0.15) is 0 Å². The third-order valence-electron chi connectivity index (χ3n) is 5.81. The van der Waals surface area contributed by atoms with Gasteiger partial charge in [0, 0.05) is 30.8 Å². The summed E-state index contributed by atoms with van der Waals surface area (Å²) in [4.78, 5) is 11.2. The second-order valence-corrected chi connectivity index (χ2v) is 7.60. The number of likely N-dealkylation sites (tertiary alicyclic amines) is 1.